The van der Waals surface area contributed by atoms with E-state index in [0.29, 0.717) is 45.0 Å². The molecule has 2 saturated heterocycles. The lowest BCUT2D eigenvalue weighted by atomic mass is 10.0. The number of amides is 1. The normalized spacial score (nSPS) is 21.6. The Balaban J connectivity index is 2.02. The van der Waals surface area contributed by atoms with Crippen molar-refractivity contribution in [3.63, 3.8) is 0 Å². The molecule has 0 aromatic heterocycles. The van der Waals surface area contributed by atoms with E-state index >= 15 is 0 Å². The first-order valence-corrected chi connectivity index (χ1v) is 10.7. The van der Waals surface area contributed by atoms with Crippen molar-refractivity contribution in [2.75, 3.05) is 58.4 Å². The quantitative estimate of drug-likeness (QED) is 0.788. The summed E-state index contributed by atoms with van der Waals surface area (Å²) in [4.78, 5) is 17.2. The van der Waals surface area contributed by atoms with Crippen LogP contribution in [0.3, 0.4) is 0 Å². The minimum absolute atomic E-state index is 0.0387. The first kappa shape index (κ1) is 20.1. The zero-order valence-electron chi connectivity index (χ0n) is 15.9. The van der Waals surface area contributed by atoms with Crippen LogP contribution in [0.25, 0.3) is 0 Å². The highest BCUT2D eigenvalue weighted by molar-refractivity contribution is 7.89. The first-order chi connectivity index (χ1) is 12.8. The van der Waals surface area contributed by atoms with Gasteiger partial charge in [-0.3, -0.25) is 4.79 Å². The SMILES string of the molecule is CN(C)S(=O)(=O)c1ccc(N2CCOCC2)c(C(=O)N2CCCC(N)C2)c1. The number of hydrogen-bond acceptors (Lipinski definition) is 6. The van der Waals surface area contributed by atoms with Crippen molar-refractivity contribution < 1.29 is 17.9 Å². The molecule has 1 atom stereocenters. The average molecular weight is 397 g/mol. The standard InChI is InChI=1S/C18H28N4O4S/c1-20(2)27(24,25)15-5-6-17(21-8-10-26-11-9-21)16(12-15)18(23)22-7-3-4-14(19)13-22/h5-6,12,14H,3-4,7-11,13,19H2,1-2H3. The summed E-state index contributed by atoms with van der Waals surface area (Å²) in [5, 5.41) is 0. The number of nitrogens with two attached hydrogens (primary N) is 1. The summed E-state index contributed by atoms with van der Waals surface area (Å²) in [5.74, 6) is -0.164. The Kier molecular flexibility index (Phi) is 6.05. The molecule has 2 N–H and O–H groups in total. The molecule has 2 heterocycles. The summed E-state index contributed by atoms with van der Waals surface area (Å²) < 4.78 is 31.7. The third-order valence-corrected chi connectivity index (χ3v) is 6.88. The van der Waals surface area contributed by atoms with Gasteiger partial charge in [-0.2, -0.15) is 0 Å². The summed E-state index contributed by atoms with van der Waals surface area (Å²) >= 11 is 0. The van der Waals surface area contributed by atoms with E-state index < -0.39 is 10.0 Å². The van der Waals surface area contributed by atoms with E-state index in [1.165, 1.54) is 20.2 Å². The molecule has 8 nitrogen and oxygen atoms in total. The van der Waals surface area contributed by atoms with E-state index in [4.69, 9.17) is 10.5 Å². The second-order valence-corrected chi connectivity index (χ2v) is 9.37. The van der Waals surface area contributed by atoms with Crippen molar-refractivity contribution in [1.29, 1.82) is 0 Å². The van der Waals surface area contributed by atoms with Gasteiger partial charge in [-0.05, 0) is 31.0 Å². The fourth-order valence-electron chi connectivity index (χ4n) is 3.50. The lowest BCUT2D eigenvalue weighted by molar-refractivity contribution is 0.0708. The minimum atomic E-state index is -3.63. The fourth-order valence-corrected chi connectivity index (χ4v) is 4.43. The van der Waals surface area contributed by atoms with Gasteiger partial charge >= 0.3 is 0 Å². The zero-order chi connectivity index (χ0) is 19.6. The lowest BCUT2D eigenvalue weighted by Crippen LogP contribution is -2.46. The van der Waals surface area contributed by atoms with Crippen LogP contribution in [0.4, 0.5) is 5.69 Å². The number of sulfonamides is 1. The van der Waals surface area contributed by atoms with Crippen LogP contribution in [0.5, 0.6) is 0 Å². The summed E-state index contributed by atoms with van der Waals surface area (Å²) in [6.07, 6.45) is 1.75. The molecule has 1 unspecified atom stereocenters. The summed E-state index contributed by atoms with van der Waals surface area (Å²) in [6, 6.07) is 4.77. The largest absolute Gasteiger partial charge is 0.378 e. The second kappa shape index (κ2) is 8.14. The van der Waals surface area contributed by atoms with Crippen LogP contribution in [0, 0.1) is 0 Å². The van der Waals surface area contributed by atoms with E-state index in [2.05, 4.69) is 4.90 Å². The molecule has 9 heteroatoms. The molecule has 0 radical (unpaired) electrons. The predicted octanol–water partition coefficient (Wildman–Crippen LogP) is 0.337. The summed E-state index contributed by atoms with van der Waals surface area (Å²) in [5.41, 5.74) is 7.20. The third-order valence-electron chi connectivity index (χ3n) is 5.07. The molecule has 1 aromatic rings. The molecule has 3 rings (SSSR count). The molecule has 0 aliphatic carbocycles. The molecular formula is C18H28N4O4S. The van der Waals surface area contributed by atoms with Crippen molar-refractivity contribution in [3.8, 4) is 0 Å². The number of piperidine rings is 1. The van der Waals surface area contributed by atoms with Crippen LogP contribution >= 0.6 is 0 Å². The monoisotopic (exact) mass is 396 g/mol. The smallest absolute Gasteiger partial charge is 0.256 e. The van der Waals surface area contributed by atoms with Crippen molar-refractivity contribution in [3.05, 3.63) is 23.8 Å². The Morgan fingerprint density at radius 1 is 1.22 bits per heavy atom. The predicted molar refractivity (Wildman–Crippen MR) is 103 cm³/mol. The van der Waals surface area contributed by atoms with Gasteiger partial charge < -0.3 is 20.3 Å². The number of anilines is 1. The number of rotatable bonds is 4. The van der Waals surface area contributed by atoms with Crippen molar-refractivity contribution in [1.82, 2.24) is 9.21 Å². The third kappa shape index (κ3) is 4.26. The van der Waals surface area contributed by atoms with Gasteiger partial charge in [-0.25, -0.2) is 12.7 Å². The summed E-state index contributed by atoms with van der Waals surface area (Å²) in [7, 11) is -0.662. The molecule has 27 heavy (non-hydrogen) atoms. The van der Waals surface area contributed by atoms with Crippen LogP contribution in [0.1, 0.15) is 23.2 Å². The number of carbonyl (C=O) groups excluding carboxylic acids is 1. The van der Waals surface area contributed by atoms with Crippen LogP contribution < -0.4 is 10.6 Å². The van der Waals surface area contributed by atoms with Crippen molar-refractivity contribution in [2.45, 2.75) is 23.8 Å². The van der Waals surface area contributed by atoms with Crippen LogP contribution in [0.15, 0.2) is 23.1 Å². The van der Waals surface area contributed by atoms with E-state index in [1.54, 1.807) is 17.0 Å². The average Bonchev–Trinajstić information content (AvgIpc) is 2.67. The van der Waals surface area contributed by atoms with Crippen LogP contribution in [-0.4, -0.2) is 83.1 Å². The maximum atomic E-state index is 13.3. The minimum Gasteiger partial charge on any atom is -0.378 e. The Morgan fingerprint density at radius 2 is 1.93 bits per heavy atom. The van der Waals surface area contributed by atoms with E-state index in [1.807, 2.05) is 0 Å². The van der Waals surface area contributed by atoms with E-state index in [9.17, 15) is 13.2 Å². The van der Waals surface area contributed by atoms with Crippen LogP contribution in [-0.2, 0) is 14.8 Å². The van der Waals surface area contributed by atoms with Crippen molar-refractivity contribution in [2.24, 2.45) is 5.73 Å². The van der Waals surface area contributed by atoms with Gasteiger partial charge in [0, 0.05) is 52.0 Å². The Morgan fingerprint density at radius 3 is 2.56 bits per heavy atom. The molecule has 1 amide bonds. The first-order valence-electron chi connectivity index (χ1n) is 9.25. The van der Waals surface area contributed by atoms with Gasteiger partial charge in [-0.1, -0.05) is 0 Å². The van der Waals surface area contributed by atoms with Gasteiger partial charge in [0.15, 0.2) is 0 Å². The molecule has 150 valence electrons. The van der Waals surface area contributed by atoms with Gasteiger partial charge in [0.25, 0.3) is 5.91 Å². The molecule has 2 aliphatic heterocycles. The maximum absolute atomic E-state index is 13.3. The number of benzene rings is 1. The molecule has 0 spiro atoms. The summed E-state index contributed by atoms with van der Waals surface area (Å²) in [6.45, 7) is 3.63. The highest BCUT2D eigenvalue weighted by atomic mass is 32.2. The molecule has 0 saturated carbocycles. The molecular weight excluding hydrogens is 368 g/mol. The molecule has 2 fully saturated rings. The van der Waals surface area contributed by atoms with Gasteiger partial charge in [0.05, 0.1) is 23.7 Å². The van der Waals surface area contributed by atoms with E-state index in [-0.39, 0.29) is 16.8 Å². The number of carbonyl (C=O) groups is 1. The fraction of sp³-hybridized carbons (Fsp3) is 0.611. The van der Waals surface area contributed by atoms with E-state index in [0.717, 1.165) is 22.8 Å². The Bertz CT molecular complexity index is 791. The van der Waals surface area contributed by atoms with Gasteiger partial charge in [0.1, 0.15) is 0 Å². The molecule has 1 aromatic carbocycles. The zero-order valence-corrected chi connectivity index (χ0v) is 16.7. The lowest BCUT2D eigenvalue weighted by Gasteiger charge is -2.34. The highest BCUT2D eigenvalue weighted by Crippen LogP contribution is 2.28. The maximum Gasteiger partial charge on any atom is 0.256 e. The Hall–Kier alpha value is -1.68. The van der Waals surface area contributed by atoms with Crippen molar-refractivity contribution >= 4 is 21.6 Å². The Labute approximate surface area is 160 Å². The van der Waals surface area contributed by atoms with Gasteiger partial charge in [-0.15, -0.1) is 0 Å². The highest BCUT2D eigenvalue weighted by Gasteiger charge is 2.28. The van der Waals surface area contributed by atoms with Crippen LogP contribution in [0.2, 0.25) is 0 Å². The topological polar surface area (TPSA) is 96.2 Å². The number of nitrogens with zero attached hydrogens (tertiary/aromatic N) is 3. The van der Waals surface area contributed by atoms with Gasteiger partial charge in [0.2, 0.25) is 10.0 Å². The number of morpholine rings is 1. The number of likely N-dealkylation sites (tertiary alicyclic amines) is 1. The molecule has 0 bridgehead atoms. The second-order valence-electron chi connectivity index (χ2n) is 7.22. The molecule has 2 aliphatic rings. The number of hydrogen-bond donors (Lipinski definition) is 1. The number of ether oxygens (including phenoxy) is 1.